The SMILES string of the molecule is CCSCCC(CN)N(CC)C(C)CC. The zero-order valence-electron chi connectivity index (χ0n) is 10.8. The van der Waals surface area contributed by atoms with Crippen molar-refractivity contribution < 1.29 is 0 Å². The first-order chi connectivity index (χ1) is 7.21. The molecule has 0 spiro atoms. The molecule has 0 aliphatic carbocycles. The normalized spacial score (nSPS) is 15.6. The molecule has 2 N–H and O–H groups in total. The molecule has 2 atom stereocenters. The maximum Gasteiger partial charge on any atom is 0.0228 e. The number of hydrogen-bond donors (Lipinski definition) is 1. The molecule has 0 aromatic rings. The van der Waals surface area contributed by atoms with Crippen LogP contribution in [0.15, 0.2) is 0 Å². The second-order valence-electron chi connectivity index (χ2n) is 3.96. The van der Waals surface area contributed by atoms with Crippen LogP contribution < -0.4 is 5.73 Å². The van der Waals surface area contributed by atoms with Crippen LogP contribution in [0.5, 0.6) is 0 Å². The van der Waals surface area contributed by atoms with E-state index in [4.69, 9.17) is 5.73 Å². The van der Waals surface area contributed by atoms with Gasteiger partial charge in [-0.1, -0.05) is 20.8 Å². The van der Waals surface area contributed by atoms with Crippen molar-refractivity contribution in [2.45, 2.75) is 52.6 Å². The summed E-state index contributed by atoms with van der Waals surface area (Å²) in [6.45, 7) is 10.9. The highest BCUT2D eigenvalue weighted by atomic mass is 32.2. The van der Waals surface area contributed by atoms with Crippen molar-refractivity contribution in [1.82, 2.24) is 4.90 Å². The first kappa shape index (κ1) is 15.3. The lowest BCUT2D eigenvalue weighted by Gasteiger charge is -2.34. The van der Waals surface area contributed by atoms with Gasteiger partial charge < -0.3 is 5.73 Å². The second kappa shape index (κ2) is 9.49. The Morgan fingerprint density at radius 2 is 1.93 bits per heavy atom. The number of thioether (sulfide) groups is 1. The summed E-state index contributed by atoms with van der Waals surface area (Å²) in [5.41, 5.74) is 5.87. The van der Waals surface area contributed by atoms with Gasteiger partial charge in [0, 0.05) is 18.6 Å². The van der Waals surface area contributed by atoms with Gasteiger partial charge >= 0.3 is 0 Å². The lowest BCUT2D eigenvalue weighted by molar-refractivity contribution is 0.148. The van der Waals surface area contributed by atoms with Crippen LogP contribution in [0, 0.1) is 0 Å². The molecule has 0 amide bonds. The van der Waals surface area contributed by atoms with Gasteiger partial charge in [-0.2, -0.15) is 11.8 Å². The van der Waals surface area contributed by atoms with E-state index in [1.807, 2.05) is 11.8 Å². The maximum atomic E-state index is 5.87. The van der Waals surface area contributed by atoms with Gasteiger partial charge in [0.2, 0.25) is 0 Å². The molecule has 0 aliphatic rings. The van der Waals surface area contributed by atoms with E-state index in [0.29, 0.717) is 12.1 Å². The highest BCUT2D eigenvalue weighted by Gasteiger charge is 2.19. The number of likely N-dealkylation sites (N-methyl/N-ethyl adjacent to an activating group) is 1. The van der Waals surface area contributed by atoms with E-state index < -0.39 is 0 Å². The van der Waals surface area contributed by atoms with Crippen LogP contribution in [0.25, 0.3) is 0 Å². The van der Waals surface area contributed by atoms with Crippen LogP contribution in [0.1, 0.15) is 40.5 Å². The van der Waals surface area contributed by atoms with Gasteiger partial charge in [-0.05, 0) is 37.8 Å². The summed E-state index contributed by atoms with van der Waals surface area (Å²) in [5, 5.41) is 0. The smallest absolute Gasteiger partial charge is 0.0228 e. The highest BCUT2D eigenvalue weighted by Crippen LogP contribution is 2.13. The zero-order valence-corrected chi connectivity index (χ0v) is 11.6. The summed E-state index contributed by atoms with van der Waals surface area (Å²) < 4.78 is 0. The van der Waals surface area contributed by atoms with E-state index in [1.165, 1.54) is 24.3 Å². The number of nitrogens with two attached hydrogens (primary N) is 1. The summed E-state index contributed by atoms with van der Waals surface area (Å²) in [6.07, 6.45) is 2.44. The second-order valence-corrected chi connectivity index (χ2v) is 5.36. The Hall–Kier alpha value is 0.270. The average molecular weight is 232 g/mol. The third-order valence-corrected chi connectivity index (χ3v) is 4.00. The molecule has 0 radical (unpaired) electrons. The number of rotatable bonds is 9. The molecule has 0 fully saturated rings. The van der Waals surface area contributed by atoms with E-state index in [2.05, 4.69) is 32.6 Å². The van der Waals surface area contributed by atoms with Crippen molar-refractivity contribution in [3.8, 4) is 0 Å². The van der Waals surface area contributed by atoms with Crippen molar-refractivity contribution in [2.75, 3.05) is 24.6 Å². The van der Waals surface area contributed by atoms with Gasteiger partial charge in [0.1, 0.15) is 0 Å². The third-order valence-electron chi connectivity index (χ3n) is 3.06. The Morgan fingerprint density at radius 3 is 2.33 bits per heavy atom. The monoisotopic (exact) mass is 232 g/mol. The molecular formula is C12H28N2S. The molecule has 15 heavy (non-hydrogen) atoms. The summed E-state index contributed by atoms with van der Waals surface area (Å²) in [4.78, 5) is 2.55. The van der Waals surface area contributed by atoms with Crippen molar-refractivity contribution in [3.05, 3.63) is 0 Å². The summed E-state index contributed by atoms with van der Waals surface area (Å²) in [6, 6.07) is 1.24. The van der Waals surface area contributed by atoms with E-state index in [1.54, 1.807) is 0 Å². The van der Waals surface area contributed by atoms with Crippen LogP contribution in [0.4, 0.5) is 0 Å². The molecule has 0 rings (SSSR count). The van der Waals surface area contributed by atoms with Gasteiger partial charge in [0.15, 0.2) is 0 Å². The summed E-state index contributed by atoms with van der Waals surface area (Å²) >= 11 is 2.02. The van der Waals surface area contributed by atoms with Gasteiger partial charge in [-0.25, -0.2) is 0 Å². The first-order valence-corrected chi connectivity index (χ1v) is 7.40. The topological polar surface area (TPSA) is 29.3 Å². The van der Waals surface area contributed by atoms with Crippen molar-refractivity contribution in [1.29, 1.82) is 0 Å². The van der Waals surface area contributed by atoms with Crippen LogP contribution in [0.3, 0.4) is 0 Å². The summed E-state index contributed by atoms with van der Waals surface area (Å²) in [5.74, 6) is 2.46. The van der Waals surface area contributed by atoms with Crippen molar-refractivity contribution in [2.24, 2.45) is 5.73 Å². The lowest BCUT2D eigenvalue weighted by atomic mass is 10.1. The Morgan fingerprint density at radius 1 is 1.27 bits per heavy atom. The lowest BCUT2D eigenvalue weighted by Crippen LogP contribution is -2.45. The van der Waals surface area contributed by atoms with Crippen LogP contribution in [0.2, 0.25) is 0 Å². The quantitative estimate of drug-likeness (QED) is 0.620. The minimum absolute atomic E-state index is 0.573. The molecule has 0 aliphatic heterocycles. The number of nitrogens with zero attached hydrogens (tertiary/aromatic N) is 1. The summed E-state index contributed by atoms with van der Waals surface area (Å²) in [7, 11) is 0. The largest absolute Gasteiger partial charge is 0.329 e. The standard InChI is InChI=1S/C12H28N2S/c1-5-11(4)14(6-2)12(10-13)8-9-15-7-3/h11-12H,5-10,13H2,1-4H3. The molecule has 0 bridgehead atoms. The highest BCUT2D eigenvalue weighted by molar-refractivity contribution is 7.99. The Kier molecular flexibility index (Phi) is 9.66. The van der Waals surface area contributed by atoms with Crippen LogP contribution >= 0.6 is 11.8 Å². The fraction of sp³-hybridized carbons (Fsp3) is 1.00. The fourth-order valence-electron chi connectivity index (χ4n) is 1.95. The maximum absolute atomic E-state index is 5.87. The minimum Gasteiger partial charge on any atom is -0.329 e. The van der Waals surface area contributed by atoms with Gasteiger partial charge in [-0.15, -0.1) is 0 Å². The van der Waals surface area contributed by atoms with Gasteiger partial charge in [-0.3, -0.25) is 4.90 Å². The predicted molar refractivity (Wildman–Crippen MR) is 72.6 cm³/mol. The zero-order chi connectivity index (χ0) is 11.7. The molecule has 2 nitrogen and oxygen atoms in total. The fourth-order valence-corrected chi connectivity index (χ4v) is 2.67. The van der Waals surface area contributed by atoms with Crippen molar-refractivity contribution >= 4 is 11.8 Å². The van der Waals surface area contributed by atoms with Crippen LogP contribution in [-0.2, 0) is 0 Å². The molecule has 0 saturated carbocycles. The molecule has 2 unspecified atom stereocenters. The molecular weight excluding hydrogens is 204 g/mol. The third kappa shape index (κ3) is 5.79. The van der Waals surface area contributed by atoms with E-state index in [-0.39, 0.29) is 0 Å². The Labute approximate surface area is 100.0 Å². The molecule has 3 heteroatoms. The Bertz CT molecular complexity index is 142. The van der Waals surface area contributed by atoms with Crippen molar-refractivity contribution in [3.63, 3.8) is 0 Å². The van der Waals surface area contributed by atoms with E-state index in [9.17, 15) is 0 Å². The molecule has 0 saturated heterocycles. The predicted octanol–water partition coefficient (Wildman–Crippen LogP) is 2.58. The van der Waals surface area contributed by atoms with E-state index in [0.717, 1.165) is 13.1 Å². The molecule has 92 valence electrons. The average Bonchev–Trinajstić information content (AvgIpc) is 2.27. The van der Waals surface area contributed by atoms with Crippen LogP contribution in [-0.4, -0.2) is 41.6 Å². The van der Waals surface area contributed by atoms with Gasteiger partial charge in [0.05, 0.1) is 0 Å². The Balaban J connectivity index is 4.08. The van der Waals surface area contributed by atoms with Gasteiger partial charge in [0.25, 0.3) is 0 Å². The number of hydrogen-bond acceptors (Lipinski definition) is 3. The minimum atomic E-state index is 0.573. The molecule has 0 aromatic carbocycles. The first-order valence-electron chi connectivity index (χ1n) is 6.24. The molecule has 0 heterocycles. The molecule has 0 aromatic heterocycles. The van der Waals surface area contributed by atoms with E-state index >= 15 is 0 Å².